The van der Waals surface area contributed by atoms with Crippen LogP contribution in [0.15, 0.2) is 66.1 Å². The number of carbonyl (C=O) groups excluding carboxylic acids is 1. The first-order valence-corrected chi connectivity index (χ1v) is 11.0. The molecule has 3 aromatic rings. The Hall–Kier alpha value is -3.04. The Morgan fingerprint density at radius 2 is 1.83 bits per heavy atom. The van der Waals surface area contributed by atoms with Gasteiger partial charge in [0, 0.05) is 37.6 Å². The molecule has 1 aliphatic heterocycles. The van der Waals surface area contributed by atoms with Gasteiger partial charge in [0.1, 0.15) is 5.82 Å². The summed E-state index contributed by atoms with van der Waals surface area (Å²) in [6, 6.07) is 10.6. The number of carbonyl (C=O) groups is 1. The van der Waals surface area contributed by atoms with Crippen LogP contribution in [0.25, 0.3) is 5.69 Å². The lowest BCUT2D eigenvalue weighted by molar-refractivity contribution is 0.0950. The average Bonchev–Trinajstić information content (AvgIpc) is 3.46. The summed E-state index contributed by atoms with van der Waals surface area (Å²) in [6.45, 7) is 1.20. The van der Waals surface area contributed by atoms with E-state index in [1.165, 1.54) is 41.0 Å². The van der Waals surface area contributed by atoms with Gasteiger partial charge in [-0.1, -0.05) is 6.07 Å². The number of nitrogens with one attached hydrogen (secondary N) is 1. The summed E-state index contributed by atoms with van der Waals surface area (Å²) in [6.07, 6.45) is 6.45. The standard InChI is InChI=1S/C21H21FN4O3S/c22-19-13-16(3-8-20(19)25-12-9-23-15-25)14-24-21(27)17-4-6-18(7-5-17)30(28,29)26-10-1-2-11-26/h3-9,12-13,15H,1-2,10-11,14H2,(H,24,27). The predicted molar refractivity (Wildman–Crippen MR) is 109 cm³/mol. The molecule has 1 N–H and O–H groups in total. The second-order valence-electron chi connectivity index (χ2n) is 7.07. The average molecular weight is 428 g/mol. The number of rotatable bonds is 6. The van der Waals surface area contributed by atoms with Gasteiger partial charge in [-0.15, -0.1) is 0 Å². The maximum absolute atomic E-state index is 14.3. The zero-order chi connectivity index (χ0) is 21.1. The predicted octanol–water partition coefficient (Wildman–Crippen LogP) is 2.73. The molecule has 0 saturated carbocycles. The molecule has 7 nitrogen and oxygen atoms in total. The van der Waals surface area contributed by atoms with Crippen molar-refractivity contribution in [2.24, 2.45) is 0 Å². The third kappa shape index (κ3) is 4.12. The van der Waals surface area contributed by atoms with Gasteiger partial charge < -0.3 is 9.88 Å². The number of nitrogens with zero attached hydrogens (tertiary/aromatic N) is 3. The van der Waals surface area contributed by atoms with Crippen molar-refractivity contribution in [2.75, 3.05) is 13.1 Å². The summed E-state index contributed by atoms with van der Waals surface area (Å²) >= 11 is 0. The van der Waals surface area contributed by atoms with E-state index in [-0.39, 0.29) is 17.3 Å². The number of aromatic nitrogens is 2. The van der Waals surface area contributed by atoms with Crippen LogP contribution in [0.5, 0.6) is 0 Å². The minimum absolute atomic E-state index is 0.147. The van der Waals surface area contributed by atoms with Crippen LogP contribution in [0.1, 0.15) is 28.8 Å². The van der Waals surface area contributed by atoms with Crippen molar-refractivity contribution in [1.82, 2.24) is 19.2 Å². The maximum atomic E-state index is 14.3. The van der Waals surface area contributed by atoms with Crippen molar-refractivity contribution in [3.05, 3.63) is 78.1 Å². The molecule has 30 heavy (non-hydrogen) atoms. The fourth-order valence-electron chi connectivity index (χ4n) is 3.41. The van der Waals surface area contributed by atoms with E-state index >= 15 is 0 Å². The van der Waals surface area contributed by atoms with Crippen LogP contribution in [0, 0.1) is 5.82 Å². The number of amides is 1. The molecular formula is C21H21FN4O3S. The van der Waals surface area contributed by atoms with Gasteiger partial charge in [0.05, 0.1) is 16.9 Å². The molecule has 4 rings (SSSR count). The quantitative estimate of drug-likeness (QED) is 0.654. The lowest BCUT2D eigenvalue weighted by atomic mass is 10.1. The van der Waals surface area contributed by atoms with Gasteiger partial charge in [0.25, 0.3) is 5.91 Å². The van der Waals surface area contributed by atoms with Gasteiger partial charge in [0.15, 0.2) is 0 Å². The highest BCUT2D eigenvalue weighted by molar-refractivity contribution is 7.89. The van der Waals surface area contributed by atoms with E-state index in [1.807, 2.05) is 0 Å². The zero-order valence-corrected chi connectivity index (χ0v) is 17.0. The van der Waals surface area contributed by atoms with Crippen LogP contribution in [0.2, 0.25) is 0 Å². The Kier molecular flexibility index (Phi) is 5.65. The highest BCUT2D eigenvalue weighted by atomic mass is 32.2. The van der Waals surface area contributed by atoms with Crippen LogP contribution < -0.4 is 5.32 Å². The van der Waals surface area contributed by atoms with Crippen molar-refractivity contribution in [3.63, 3.8) is 0 Å². The molecule has 1 amide bonds. The number of halogens is 1. The molecule has 0 spiro atoms. The van der Waals surface area contributed by atoms with E-state index in [0.29, 0.717) is 29.9 Å². The minimum atomic E-state index is -3.51. The second-order valence-corrected chi connectivity index (χ2v) is 9.01. The van der Waals surface area contributed by atoms with E-state index in [9.17, 15) is 17.6 Å². The minimum Gasteiger partial charge on any atom is -0.348 e. The van der Waals surface area contributed by atoms with E-state index in [4.69, 9.17) is 0 Å². The van der Waals surface area contributed by atoms with Crippen LogP contribution in [-0.4, -0.2) is 41.3 Å². The van der Waals surface area contributed by atoms with E-state index < -0.39 is 15.8 Å². The lowest BCUT2D eigenvalue weighted by Crippen LogP contribution is -2.28. The molecule has 1 aliphatic rings. The van der Waals surface area contributed by atoms with Gasteiger partial charge in [-0.05, 0) is 54.8 Å². The third-order valence-corrected chi connectivity index (χ3v) is 6.98. The fourth-order valence-corrected chi connectivity index (χ4v) is 4.93. The van der Waals surface area contributed by atoms with Crippen LogP contribution >= 0.6 is 0 Å². The number of sulfonamides is 1. The molecule has 9 heteroatoms. The highest BCUT2D eigenvalue weighted by Gasteiger charge is 2.27. The number of benzene rings is 2. The summed E-state index contributed by atoms with van der Waals surface area (Å²) < 4.78 is 42.5. The SMILES string of the molecule is O=C(NCc1ccc(-n2ccnc2)c(F)c1)c1ccc(S(=O)(=O)N2CCCC2)cc1. The second kappa shape index (κ2) is 8.37. The number of imidazole rings is 1. The van der Waals surface area contributed by atoms with Gasteiger partial charge in [-0.25, -0.2) is 17.8 Å². The van der Waals surface area contributed by atoms with Crippen LogP contribution in [0.4, 0.5) is 4.39 Å². The maximum Gasteiger partial charge on any atom is 0.251 e. The Morgan fingerprint density at radius 1 is 1.10 bits per heavy atom. The Morgan fingerprint density at radius 3 is 2.47 bits per heavy atom. The lowest BCUT2D eigenvalue weighted by Gasteiger charge is -2.15. The molecule has 2 aromatic carbocycles. The molecule has 0 radical (unpaired) electrons. The summed E-state index contributed by atoms with van der Waals surface area (Å²) in [5, 5.41) is 2.73. The molecule has 0 aliphatic carbocycles. The van der Waals surface area contributed by atoms with Crippen molar-refractivity contribution in [2.45, 2.75) is 24.3 Å². The summed E-state index contributed by atoms with van der Waals surface area (Å²) in [4.78, 5) is 16.5. The number of hydrogen-bond acceptors (Lipinski definition) is 4. The molecule has 0 unspecified atom stereocenters. The third-order valence-electron chi connectivity index (χ3n) is 5.07. The highest BCUT2D eigenvalue weighted by Crippen LogP contribution is 2.21. The normalized spacial score (nSPS) is 14.7. The first-order valence-electron chi connectivity index (χ1n) is 9.60. The van der Waals surface area contributed by atoms with Gasteiger partial charge in [0.2, 0.25) is 10.0 Å². The summed E-state index contributed by atoms with van der Waals surface area (Å²) in [7, 11) is -3.51. The van der Waals surface area contributed by atoms with Crippen molar-refractivity contribution < 1.29 is 17.6 Å². The Balaban J connectivity index is 1.40. The molecule has 1 aromatic heterocycles. The van der Waals surface area contributed by atoms with Crippen LogP contribution in [-0.2, 0) is 16.6 Å². The van der Waals surface area contributed by atoms with E-state index in [0.717, 1.165) is 12.8 Å². The van der Waals surface area contributed by atoms with Gasteiger partial charge in [-0.3, -0.25) is 4.79 Å². The molecule has 2 heterocycles. The molecule has 1 saturated heterocycles. The first-order chi connectivity index (χ1) is 14.4. The van der Waals surface area contributed by atoms with Gasteiger partial charge >= 0.3 is 0 Å². The summed E-state index contributed by atoms with van der Waals surface area (Å²) in [5.41, 5.74) is 1.32. The Labute approximate surface area is 174 Å². The van der Waals surface area contributed by atoms with E-state index in [2.05, 4.69) is 10.3 Å². The van der Waals surface area contributed by atoms with E-state index in [1.54, 1.807) is 29.1 Å². The molecule has 0 atom stereocenters. The molecule has 0 bridgehead atoms. The number of hydrogen-bond donors (Lipinski definition) is 1. The fraction of sp³-hybridized carbons (Fsp3) is 0.238. The topological polar surface area (TPSA) is 84.3 Å². The van der Waals surface area contributed by atoms with Crippen molar-refractivity contribution >= 4 is 15.9 Å². The van der Waals surface area contributed by atoms with Crippen molar-refractivity contribution in [3.8, 4) is 5.69 Å². The van der Waals surface area contributed by atoms with Crippen LogP contribution in [0.3, 0.4) is 0 Å². The molecular weight excluding hydrogens is 407 g/mol. The van der Waals surface area contributed by atoms with Crippen molar-refractivity contribution in [1.29, 1.82) is 0 Å². The first kappa shape index (κ1) is 20.2. The molecule has 156 valence electrons. The summed E-state index contributed by atoms with van der Waals surface area (Å²) in [5.74, 6) is -0.782. The Bertz CT molecular complexity index is 1140. The van der Waals surface area contributed by atoms with Gasteiger partial charge in [-0.2, -0.15) is 4.31 Å². The largest absolute Gasteiger partial charge is 0.348 e. The smallest absolute Gasteiger partial charge is 0.251 e. The monoisotopic (exact) mass is 428 g/mol. The molecule has 1 fully saturated rings. The zero-order valence-electron chi connectivity index (χ0n) is 16.2.